The Hall–Kier alpha value is -3.70. The number of aromatic nitrogens is 1. The second-order valence-corrected chi connectivity index (χ2v) is 8.94. The Morgan fingerprint density at radius 3 is 2.54 bits per heavy atom. The summed E-state index contributed by atoms with van der Waals surface area (Å²) in [6.45, 7) is 3.60. The molecule has 1 saturated heterocycles. The molecular formula is C26H26F3N3O5. The van der Waals surface area contributed by atoms with Crippen LogP contribution in [0.1, 0.15) is 31.0 Å². The molecule has 3 aromatic rings. The summed E-state index contributed by atoms with van der Waals surface area (Å²) < 4.78 is 52.5. The SMILES string of the molecule is Cc1cc(COc2ccc(N(C(=O)C(F)(F)F)C3(CC(=O)NO)CCOC3C)cc2)c2ccccc2n1. The lowest BCUT2D eigenvalue weighted by molar-refractivity contribution is -0.172. The van der Waals surface area contributed by atoms with Gasteiger partial charge in [0.1, 0.15) is 12.4 Å². The molecule has 2 N–H and O–H groups in total. The maximum absolute atomic E-state index is 13.7. The fraction of sp³-hybridized carbons (Fsp3) is 0.346. The first-order valence-corrected chi connectivity index (χ1v) is 11.6. The molecule has 0 radical (unpaired) electrons. The van der Waals surface area contributed by atoms with Gasteiger partial charge in [-0.25, -0.2) is 5.48 Å². The van der Waals surface area contributed by atoms with Crippen LogP contribution in [0.3, 0.4) is 0 Å². The Kier molecular flexibility index (Phi) is 7.37. The third-order valence-electron chi connectivity index (χ3n) is 6.56. The van der Waals surface area contributed by atoms with Crippen LogP contribution in [-0.2, 0) is 20.9 Å². The molecule has 2 aromatic carbocycles. The van der Waals surface area contributed by atoms with Gasteiger partial charge in [0.15, 0.2) is 0 Å². The van der Waals surface area contributed by atoms with E-state index in [-0.39, 0.29) is 25.3 Å². The summed E-state index contributed by atoms with van der Waals surface area (Å²) in [5, 5.41) is 9.95. The number of halogens is 3. The van der Waals surface area contributed by atoms with Gasteiger partial charge in [-0.2, -0.15) is 13.2 Å². The lowest BCUT2D eigenvalue weighted by atomic mass is 9.85. The number of hydroxylamine groups is 1. The van der Waals surface area contributed by atoms with Gasteiger partial charge in [-0.15, -0.1) is 0 Å². The minimum Gasteiger partial charge on any atom is -0.489 e. The highest BCUT2D eigenvalue weighted by molar-refractivity contribution is 5.99. The molecule has 2 atom stereocenters. The van der Waals surface area contributed by atoms with Crippen molar-refractivity contribution in [1.82, 2.24) is 10.5 Å². The predicted molar refractivity (Wildman–Crippen MR) is 128 cm³/mol. The summed E-state index contributed by atoms with van der Waals surface area (Å²) in [6, 6.07) is 15.1. The smallest absolute Gasteiger partial charge is 0.471 e. The largest absolute Gasteiger partial charge is 0.489 e. The number of carbonyl (C=O) groups excluding carboxylic acids is 2. The van der Waals surface area contributed by atoms with Crippen molar-refractivity contribution in [3.05, 3.63) is 65.9 Å². The predicted octanol–water partition coefficient (Wildman–Crippen LogP) is 4.46. The molecule has 1 aliphatic rings. The number of pyridine rings is 1. The molecule has 1 aromatic heterocycles. The van der Waals surface area contributed by atoms with Gasteiger partial charge in [0.05, 0.1) is 23.6 Å². The Bertz CT molecular complexity index is 1300. The van der Waals surface area contributed by atoms with E-state index in [9.17, 15) is 22.8 Å². The van der Waals surface area contributed by atoms with E-state index in [1.165, 1.54) is 36.7 Å². The van der Waals surface area contributed by atoms with E-state index >= 15 is 0 Å². The van der Waals surface area contributed by atoms with E-state index in [2.05, 4.69) is 4.98 Å². The van der Waals surface area contributed by atoms with Crippen LogP contribution in [-0.4, -0.2) is 46.4 Å². The summed E-state index contributed by atoms with van der Waals surface area (Å²) >= 11 is 0. The van der Waals surface area contributed by atoms with Crippen LogP contribution < -0.4 is 15.1 Å². The first-order valence-electron chi connectivity index (χ1n) is 11.6. The van der Waals surface area contributed by atoms with Crippen LogP contribution in [0.15, 0.2) is 54.6 Å². The summed E-state index contributed by atoms with van der Waals surface area (Å²) in [7, 11) is 0. The Labute approximate surface area is 211 Å². The molecule has 37 heavy (non-hydrogen) atoms. The Balaban J connectivity index is 1.64. The zero-order valence-electron chi connectivity index (χ0n) is 20.2. The van der Waals surface area contributed by atoms with E-state index in [1.54, 1.807) is 0 Å². The van der Waals surface area contributed by atoms with Crippen molar-refractivity contribution >= 4 is 28.4 Å². The molecule has 1 fully saturated rings. The van der Waals surface area contributed by atoms with Gasteiger partial charge in [0, 0.05) is 28.9 Å². The Morgan fingerprint density at radius 1 is 1.22 bits per heavy atom. The van der Waals surface area contributed by atoms with E-state index in [0.29, 0.717) is 10.6 Å². The molecule has 2 heterocycles. The number of aryl methyl sites for hydroxylation is 1. The minimum absolute atomic E-state index is 0.0316. The number of hydrogen-bond donors (Lipinski definition) is 2. The molecular weight excluding hydrogens is 491 g/mol. The van der Waals surface area contributed by atoms with Crippen molar-refractivity contribution in [3.8, 4) is 5.75 Å². The van der Waals surface area contributed by atoms with Gasteiger partial charge < -0.3 is 9.47 Å². The first kappa shape index (κ1) is 26.4. The number of anilines is 1. The van der Waals surface area contributed by atoms with Gasteiger partial charge in [0.2, 0.25) is 5.91 Å². The molecule has 0 aliphatic carbocycles. The number of nitrogens with zero attached hydrogens (tertiary/aromatic N) is 2. The zero-order valence-corrected chi connectivity index (χ0v) is 20.2. The quantitative estimate of drug-likeness (QED) is 0.355. The van der Waals surface area contributed by atoms with Gasteiger partial charge in [-0.1, -0.05) is 18.2 Å². The minimum atomic E-state index is -5.21. The van der Waals surface area contributed by atoms with Crippen LogP contribution in [0.2, 0.25) is 0 Å². The highest BCUT2D eigenvalue weighted by Crippen LogP contribution is 2.41. The van der Waals surface area contributed by atoms with Crippen molar-refractivity contribution in [2.24, 2.45) is 0 Å². The van der Waals surface area contributed by atoms with Crippen molar-refractivity contribution in [2.75, 3.05) is 11.5 Å². The second-order valence-electron chi connectivity index (χ2n) is 8.94. The molecule has 0 bridgehead atoms. The number of carbonyl (C=O) groups is 2. The Morgan fingerprint density at radius 2 is 1.92 bits per heavy atom. The number of benzene rings is 2. The van der Waals surface area contributed by atoms with Crippen LogP contribution in [0.5, 0.6) is 5.75 Å². The number of rotatable bonds is 7. The third-order valence-corrected chi connectivity index (χ3v) is 6.56. The van der Waals surface area contributed by atoms with Gasteiger partial charge in [-0.05, 0) is 56.7 Å². The average molecular weight is 518 g/mol. The molecule has 2 amide bonds. The number of para-hydroxylation sites is 1. The van der Waals surface area contributed by atoms with E-state index in [4.69, 9.17) is 14.7 Å². The number of fused-ring (bicyclic) bond motifs is 1. The average Bonchev–Trinajstić information content (AvgIpc) is 3.22. The maximum atomic E-state index is 13.7. The summed E-state index contributed by atoms with van der Waals surface area (Å²) in [4.78, 5) is 29.8. The lowest BCUT2D eigenvalue weighted by Gasteiger charge is -2.43. The van der Waals surface area contributed by atoms with Crippen molar-refractivity contribution < 1.29 is 37.4 Å². The number of amides is 2. The topological polar surface area (TPSA) is 101 Å². The van der Waals surface area contributed by atoms with Gasteiger partial charge in [0.25, 0.3) is 0 Å². The van der Waals surface area contributed by atoms with Crippen molar-refractivity contribution in [3.63, 3.8) is 0 Å². The lowest BCUT2D eigenvalue weighted by Crippen LogP contribution is -2.61. The number of nitrogens with one attached hydrogen (secondary N) is 1. The second kappa shape index (κ2) is 10.3. The summed E-state index contributed by atoms with van der Waals surface area (Å²) in [5.41, 5.74) is 2.24. The molecule has 2 unspecified atom stereocenters. The molecule has 11 heteroatoms. The van der Waals surface area contributed by atoms with Gasteiger partial charge in [-0.3, -0.25) is 24.7 Å². The van der Waals surface area contributed by atoms with Crippen LogP contribution >= 0.6 is 0 Å². The highest BCUT2D eigenvalue weighted by atomic mass is 19.4. The fourth-order valence-corrected chi connectivity index (χ4v) is 4.76. The first-order chi connectivity index (χ1) is 17.5. The zero-order chi connectivity index (χ0) is 26.8. The molecule has 8 nitrogen and oxygen atoms in total. The number of hydrogen-bond acceptors (Lipinski definition) is 6. The monoisotopic (exact) mass is 517 g/mol. The summed E-state index contributed by atoms with van der Waals surface area (Å²) in [5.74, 6) is -2.69. The van der Waals surface area contributed by atoms with Crippen LogP contribution in [0.25, 0.3) is 10.9 Å². The van der Waals surface area contributed by atoms with E-state index < -0.39 is 36.1 Å². The molecule has 4 rings (SSSR count). The number of ether oxygens (including phenoxy) is 2. The highest BCUT2D eigenvalue weighted by Gasteiger charge is 2.56. The van der Waals surface area contributed by atoms with E-state index in [1.807, 2.05) is 37.3 Å². The normalized spacial score (nSPS) is 19.6. The number of alkyl halides is 3. The molecule has 196 valence electrons. The molecule has 1 aliphatic heterocycles. The van der Waals surface area contributed by atoms with Crippen LogP contribution in [0.4, 0.5) is 18.9 Å². The molecule has 0 saturated carbocycles. The fourth-order valence-electron chi connectivity index (χ4n) is 4.76. The summed E-state index contributed by atoms with van der Waals surface area (Å²) in [6.07, 6.45) is -6.73. The third kappa shape index (κ3) is 5.37. The standard InChI is InChI=1S/C26H26F3N3O5/c1-16-13-18(21-5-3-4-6-22(21)30-16)15-37-20-9-7-19(8-10-20)32(24(34)26(27,28)29)25(14-23(33)31-35)11-12-36-17(25)2/h3-10,13,17,35H,11-12,14-15H2,1-2H3,(H,31,33). The van der Waals surface area contributed by atoms with Crippen LogP contribution in [0, 0.1) is 6.92 Å². The maximum Gasteiger partial charge on any atom is 0.471 e. The van der Waals surface area contributed by atoms with E-state index in [0.717, 1.165) is 22.2 Å². The van der Waals surface area contributed by atoms with Crippen molar-refractivity contribution in [2.45, 2.75) is 51.1 Å². The van der Waals surface area contributed by atoms with Gasteiger partial charge >= 0.3 is 12.1 Å². The molecule has 0 spiro atoms. The van der Waals surface area contributed by atoms with Crippen molar-refractivity contribution in [1.29, 1.82) is 0 Å².